The molecule has 10 heteroatoms. The number of pyridine rings is 1. The third-order valence-electron chi connectivity index (χ3n) is 7.11. The van der Waals surface area contributed by atoms with E-state index >= 15 is 0 Å². The van der Waals surface area contributed by atoms with Gasteiger partial charge >= 0.3 is 0 Å². The SMILES string of the molecule is CCOc1ccc(C2/C(=C(\O)c3c(C)nc4ccccn34)C(=O)C(=O)N2CCN2CCOCC2)cc1OCC. The summed E-state index contributed by atoms with van der Waals surface area (Å²) in [6.07, 6.45) is 1.78. The van der Waals surface area contributed by atoms with Crippen molar-refractivity contribution >= 4 is 23.1 Å². The van der Waals surface area contributed by atoms with Crippen LogP contribution in [0, 0.1) is 6.92 Å². The first kappa shape index (κ1) is 26.7. The number of carbonyl (C=O) groups is 2. The number of aromatic nitrogens is 2. The molecule has 1 amide bonds. The normalized spacial score (nSPS) is 19.7. The molecule has 0 spiro atoms. The lowest BCUT2D eigenvalue weighted by Crippen LogP contribution is -2.42. The van der Waals surface area contributed by atoms with Crippen LogP contribution in [0.4, 0.5) is 0 Å². The number of carbonyl (C=O) groups excluding carboxylic acids is 2. The topological polar surface area (TPSA) is 106 Å². The molecule has 1 N–H and O–H groups in total. The van der Waals surface area contributed by atoms with Gasteiger partial charge < -0.3 is 24.2 Å². The van der Waals surface area contributed by atoms with Gasteiger partial charge in [-0.15, -0.1) is 0 Å². The van der Waals surface area contributed by atoms with E-state index in [2.05, 4.69) is 9.88 Å². The number of hydrogen-bond acceptors (Lipinski definition) is 8. The van der Waals surface area contributed by atoms with Gasteiger partial charge in [0.1, 0.15) is 11.3 Å². The number of fused-ring (bicyclic) bond motifs is 1. The van der Waals surface area contributed by atoms with Crippen molar-refractivity contribution in [2.24, 2.45) is 0 Å². The number of hydrogen-bond donors (Lipinski definition) is 1. The second-order valence-corrected chi connectivity index (χ2v) is 9.49. The first-order chi connectivity index (χ1) is 18.9. The lowest BCUT2D eigenvalue weighted by molar-refractivity contribution is -0.140. The van der Waals surface area contributed by atoms with Crippen LogP contribution >= 0.6 is 0 Å². The highest BCUT2D eigenvalue weighted by molar-refractivity contribution is 6.46. The molecule has 2 aliphatic rings. The van der Waals surface area contributed by atoms with Gasteiger partial charge in [0, 0.05) is 32.4 Å². The van der Waals surface area contributed by atoms with Crippen LogP contribution in [0.5, 0.6) is 11.5 Å². The lowest BCUT2D eigenvalue weighted by Gasteiger charge is -2.31. The van der Waals surface area contributed by atoms with Crippen LogP contribution in [0.3, 0.4) is 0 Å². The number of ketones is 1. The molecule has 10 nitrogen and oxygen atoms in total. The predicted molar refractivity (Wildman–Crippen MR) is 145 cm³/mol. The molecule has 1 atom stereocenters. The maximum absolute atomic E-state index is 13.6. The van der Waals surface area contributed by atoms with E-state index in [1.54, 1.807) is 34.6 Å². The van der Waals surface area contributed by atoms with E-state index in [0.717, 1.165) is 13.1 Å². The van der Waals surface area contributed by atoms with Gasteiger partial charge in [-0.1, -0.05) is 12.1 Å². The van der Waals surface area contributed by atoms with Crippen LogP contribution in [0.25, 0.3) is 11.4 Å². The number of rotatable bonds is 9. The highest BCUT2D eigenvalue weighted by Crippen LogP contribution is 2.42. The third kappa shape index (κ3) is 5.09. The van der Waals surface area contributed by atoms with Gasteiger partial charge in [0.25, 0.3) is 11.7 Å². The Balaban J connectivity index is 1.63. The highest BCUT2D eigenvalue weighted by Gasteiger charge is 2.46. The standard InChI is InChI=1S/C29H34N4O6/c1-4-38-21-10-9-20(18-22(21)39-5-2)26-24(27(34)25-19(3)30-23-8-6-7-11-32(23)25)28(35)29(36)33(26)13-12-31-14-16-37-17-15-31/h6-11,18,26,34H,4-5,12-17H2,1-3H3/b27-24+. The molecule has 0 aliphatic carbocycles. The lowest BCUT2D eigenvalue weighted by atomic mass is 9.96. The molecule has 3 aromatic rings. The largest absolute Gasteiger partial charge is 0.505 e. The van der Waals surface area contributed by atoms with Crippen molar-refractivity contribution in [3.63, 3.8) is 0 Å². The fraction of sp³-hybridized carbons (Fsp3) is 0.414. The van der Waals surface area contributed by atoms with E-state index in [1.165, 1.54) is 0 Å². The molecule has 1 aromatic carbocycles. The molecule has 2 fully saturated rings. The van der Waals surface area contributed by atoms with Crippen LogP contribution in [0.15, 0.2) is 48.2 Å². The Labute approximate surface area is 227 Å². The van der Waals surface area contributed by atoms with Gasteiger partial charge in [-0.05, 0) is 50.6 Å². The van der Waals surface area contributed by atoms with Crippen molar-refractivity contribution < 1.29 is 28.9 Å². The minimum atomic E-state index is -0.811. The Hall–Kier alpha value is -3.89. The molecule has 2 saturated heterocycles. The van der Waals surface area contributed by atoms with E-state index in [1.807, 2.05) is 38.1 Å². The molecular weight excluding hydrogens is 500 g/mol. The number of amides is 1. The molecule has 0 bridgehead atoms. The molecule has 0 radical (unpaired) electrons. The van der Waals surface area contributed by atoms with Crippen LogP contribution in [0.2, 0.25) is 0 Å². The van der Waals surface area contributed by atoms with Gasteiger partial charge in [-0.2, -0.15) is 0 Å². The Morgan fingerprint density at radius 3 is 2.54 bits per heavy atom. The number of nitrogens with zero attached hydrogens (tertiary/aromatic N) is 4. The van der Waals surface area contributed by atoms with E-state index in [-0.39, 0.29) is 11.3 Å². The zero-order chi connectivity index (χ0) is 27.5. The second-order valence-electron chi connectivity index (χ2n) is 9.49. The quantitative estimate of drug-likeness (QED) is 0.254. The van der Waals surface area contributed by atoms with Crippen molar-refractivity contribution in [1.29, 1.82) is 0 Å². The average Bonchev–Trinajstić information content (AvgIpc) is 3.41. The van der Waals surface area contributed by atoms with Crippen LogP contribution in [0.1, 0.15) is 36.8 Å². The first-order valence-corrected chi connectivity index (χ1v) is 13.4. The van der Waals surface area contributed by atoms with Crippen molar-refractivity contribution in [2.45, 2.75) is 26.8 Å². The summed E-state index contributed by atoms with van der Waals surface area (Å²) in [5, 5.41) is 11.7. The summed E-state index contributed by atoms with van der Waals surface area (Å²) in [4.78, 5) is 35.4. The fourth-order valence-electron chi connectivity index (χ4n) is 5.30. The van der Waals surface area contributed by atoms with Crippen molar-refractivity contribution in [1.82, 2.24) is 19.2 Å². The number of aryl methyl sites for hydroxylation is 1. The van der Waals surface area contributed by atoms with E-state index in [0.29, 0.717) is 73.6 Å². The second kappa shape index (κ2) is 11.5. The summed E-state index contributed by atoms with van der Waals surface area (Å²) >= 11 is 0. The summed E-state index contributed by atoms with van der Waals surface area (Å²) in [6, 6.07) is 10.1. The molecule has 2 aromatic heterocycles. The minimum absolute atomic E-state index is 0.0299. The number of ether oxygens (including phenoxy) is 3. The monoisotopic (exact) mass is 534 g/mol. The number of benzene rings is 1. The maximum atomic E-state index is 13.6. The fourth-order valence-corrected chi connectivity index (χ4v) is 5.30. The summed E-state index contributed by atoms with van der Waals surface area (Å²) in [5.41, 5.74) is 2.25. The highest BCUT2D eigenvalue weighted by atomic mass is 16.5. The molecule has 0 saturated carbocycles. The number of aliphatic hydroxyl groups is 1. The molecule has 1 unspecified atom stereocenters. The molecular formula is C29H34N4O6. The summed E-state index contributed by atoms with van der Waals surface area (Å²) in [5.74, 6) is -0.535. The summed E-state index contributed by atoms with van der Waals surface area (Å²) < 4.78 is 18.8. The van der Waals surface area contributed by atoms with Gasteiger partial charge in [-0.3, -0.25) is 18.9 Å². The van der Waals surface area contributed by atoms with Crippen LogP contribution < -0.4 is 9.47 Å². The molecule has 4 heterocycles. The van der Waals surface area contributed by atoms with Gasteiger partial charge in [0.2, 0.25) is 0 Å². The predicted octanol–water partition coefficient (Wildman–Crippen LogP) is 3.19. The Kier molecular flexibility index (Phi) is 7.85. The molecule has 206 valence electrons. The summed E-state index contributed by atoms with van der Waals surface area (Å²) in [7, 11) is 0. The number of likely N-dealkylation sites (tertiary alicyclic amines) is 1. The van der Waals surface area contributed by atoms with Crippen LogP contribution in [-0.2, 0) is 14.3 Å². The van der Waals surface area contributed by atoms with E-state index in [4.69, 9.17) is 14.2 Å². The van der Waals surface area contributed by atoms with Crippen LogP contribution in [-0.4, -0.2) is 88.6 Å². The Morgan fingerprint density at radius 2 is 1.79 bits per heavy atom. The maximum Gasteiger partial charge on any atom is 0.295 e. The average molecular weight is 535 g/mol. The minimum Gasteiger partial charge on any atom is -0.505 e. The van der Waals surface area contributed by atoms with Crippen molar-refractivity contribution in [2.75, 3.05) is 52.6 Å². The third-order valence-corrected chi connectivity index (χ3v) is 7.11. The zero-order valence-electron chi connectivity index (χ0n) is 22.6. The Morgan fingerprint density at radius 1 is 1.05 bits per heavy atom. The number of imidazole rings is 1. The van der Waals surface area contributed by atoms with Gasteiger partial charge in [0.15, 0.2) is 17.3 Å². The number of morpholine rings is 1. The van der Waals surface area contributed by atoms with Crippen molar-refractivity contribution in [3.8, 4) is 11.5 Å². The van der Waals surface area contributed by atoms with Crippen molar-refractivity contribution in [3.05, 3.63) is 65.1 Å². The smallest absolute Gasteiger partial charge is 0.295 e. The number of aliphatic hydroxyl groups excluding tert-OH is 1. The Bertz CT molecular complexity index is 1410. The summed E-state index contributed by atoms with van der Waals surface area (Å²) in [6.45, 7) is 10.1. The molecule has 39 heavy (non-hydrogen) atoms. The van der Waals surface area contributed by atoms with E-state index in [9.17, 15) is 14.7 Å². The molecule has 2 aliphatic heterocycles. The molecule has 5 rings (SSSR count). The van der Waals surface area contributed by atoms with E-state index < -0.39 is 17.7 Å². The number of Topliss-reactive ketones (excluding diaryl/α,β-unsaturated/α-hetero) is 1. The zero-order valence-corrected chi connectivity index (χ0v) is 22.6. The first-order valence-electron chi connectivity index (χ1n) is 13.4. The van der Waals surface area contributed by atoms with Gasteiger partial charge in [-0.25, -0.2) is 4.98 Å². The van der Waals surface area contributed by atoms with Gasteiger partial charge in [0.05, 0.1) is 43.7 Å².